The number of quaternary nitrogens is 2. The first-order chi connectivity index (χ1) is 11.7. The zero-order valence-electron chi connectivity index (χ0n) is 15.8. The van der Waals surface area contributed by atoms with E-state index in [0.717, 1.165) is 32.7 Å². The Bertz CT molecular complexity index is 575. The van der Waals surface area contributed by atoms with Crippen LogP contribution < -0.4 is 20.4 Å². The third-order valence-corrected chi connectivity index (χ3v) is 4.63. The highest BCUT2D eigenvalue weighted by atomic mass is 16.2. The van der Waals surface area contributed by atoms with Gasteiger partial charge in [0.05, 0.1) is 0 Å². The fourth-order valence-electron chi connectivity index (χ4n) is 3.20. The highest BCUT2D eigenvalue weighted by Gasteiger charge is 2.32. The van der Waals surface area contributed by atoms with E-state index in [0.29, 0.717) is 0 Å². The Kier molecular flexibility index (Phi) is 6.56. The summed E-state index contributed by atoms with van der Waals surface area (Å²) in [5.74, 6) is -0.205. The van der Waals surface area contributed by atoms with Gasteiger partial charge in [-0.15, -0.1) is 0 Å². The third kappa shape index (κ3) is 6.48. The maximum atomic E-state index is 12.3. The van der Waals surface area contributed by atoms with E-state index in [4.69, 9.17) is 0 Å². The van der Waals surface area contributed by atoms with Gasteiger partial charge in [0.2, 0.25) is 0 Å². The van der Waals surface area contributed by atoms with E-state index in [9.17, 15) is 9.59 Å². The second-order valence-electron chi connectivity index (χ2n) is 7.99. The van der Waals surface area contributed by atoms with Crippen LogP contribution in [0.3, 0.4) is 0 Å². The molecular formula is C19H32N4O2+2. The van der Waals surface area contributed by atoms with Crippen LogP contribution in [0.2, 0.25) is 0 Å². The largest absolute Gasteiger partial charge is 0.333 e. The molecule has 1 aromatic carbocycles. The second-order valence-corrected chi connectivity index (χ2v) is 7.99. The number of amides is 3. The molecule has 3 amide bonds. The van der Waals surface area contributed by atoms with Crippen molar-refractivity contribution in [2.24, 2.45) is 0 Å². The summed E-state index contributed by atoms with van der Waals surface area (Å²) in [6, 6.07) is 9.88. The van der Waals surface area contributed by atoms with Crippen molar-refractivity contribution in [3.8, 4) is 0 Å². The van der Waals surface area contributed by atoms with Gasteiger partial charge in [0.15, 0.2) is 6.04 Å². The molecule has 1 atom stereocenters. The van der Waals surface area contributed by atoms with Crippen molar-refractivity contribution in [2.45, 2.75) is 45.8 Å². The van der Waals surface area contributed by atoms with Gasteiger partial charge in [0.1, 0.15) is 32.7 Å². The molecule has 25 heavy (non-hydrogen) atoms. The van der Waals surface area contributed by atoms with Crippen molar-refractivity contribution in [1.82, 2.24) is 10.6 Å². The Labute approximate surface area is 150 Å². The van der Waals surface area contributed by atoms with Gasteiger partial charge in [-0.1, -0.05) is 30.3 Å². The summed E-state index contributed by atoms with van der Waals surface area (Å²) in [4.78, 5) is 27.0. The number of nitrogens with one attached hydrogen (secondary N) is 4. The number of benzene rings is 1. The number of carbonyl (C=O) groups is 2. The van der Waals surface area contributed by atoms with Crippen molar-refractivity contribution < 1.29 is 19.4 Å². The Morgan fingerprint density at radius 1 is 1.08 bits per heavy atom. The summed E-state index contributed by atoms with van der Waals surface area (Å²) >= 11 is 0. The molecule has 6 nitrogen and oxygen atoms in total. The normalized spacial score (nSPS) is 22.1. The van der Waals surface area contributed by atoms with E-state index in [1.807, 2.05) is 33.8 Å². The Balaban J connectivity index is 1.77. The van der Waals surface area contributed by atoms with Gasteiger partial charge >= 0.3 is 6.03 Å². The summed E-state index contributed by atoms with van der Waals surface area (Å²) in [5, 5.41) is 5.23. The highest BCUT2D eigenvalue weighted by molar-refractivity contribution is 5.96. The van der Waals surface area contributed by atoms with Crippen LogP contribution in [0.5, 0.6) is 0 Å². The minimum absolute atomic E-state index is 0.205. The zero-order chi connectivity index (χ0) is 18.4. The first-order valence-electron chi connectivity index (χ1n) is 9.09. The summed E-state index contributed by atoms with van der Waals surface area (Å²) < 4.78 is 0. The molecular weight excluding hydrogens is 316 g/mol. The van der Waals surface area contributed by atoms with Crippen LogP contribution in [0.15, 0.2) is 30.3 Å². The van der Waals surface area contributed by atoms with Gasteiger partial charge in [0.25, 0.3) is 5.91 Å². The molecule has 1 saturated heterocycles. The van der Waals surface area contributed by atoms with Crippen molar-refractivity contribution >= 4 is 11.9 Å². The quantitative estimate of drug-likeness (QED) is 0.563. The molecule has 0 saturated carbocycles. The number of rotatable bonds is 4. The lowest BCUT2D eigenvalue weighted by molar-refractivity contribution is -1.02. The fourth-order valence-corrected chi connectivity index (χ4v) is 3.20. The summed E-state index contributed by atoms with van der Waals surface area (Å²) in [5.41, 5.74) is 0.998. The highest BCUT2D eigenvalue weighted by Crippen LogP contribution is 1.97. The fraction of sp³-hybridized carbons (Fsp3) is 0.579. The van der Waals surface area contributed by atoms with Gasteiger partial charge in [-0.2, -0.15) is 0 Å². The Hall–Kier alpha value is -1.92. The summed E-state index contributed by atoms with van der Waals surface area (Å²) in [6.07, 6.45) is 0. The number of hydrogen-bond acceptors (Lipinski definition) is 2. The van der Waals surface area contributed by atoms with Crippen LogP contribution in [0, 0.1) is 0 Å². The molecule has 1 aliphatic heterocycles. The smallest absolute Gasteiger partial charge is 0.322 e. The number of imide groups is 1. The SMILES string of the molecule is C[C@H](C(=O)NC(=O)NC(C)(C)C)[NH+]1CC[NH+](Cc2ccccc2)CC1. The first-order valence-corrected chi connectivity index (χ1v) is 9.09. The molecule has 1 heterocycles. The van der Waals surface area contributed by atoms with Gasteiger partial charge in [-0.3, -0.25) is 10.1 Å². The number of carbonyl (C=O) groups excluding carboxylic acids is 2. The van der Waals surface area contributed by atoms with Crippen LogP contribution in [-0.4, -0.2) is 49.7 Å². The molecule has 0 spiro atoms. The van der Waals surface area contributed by atoms with E-state index < -0.39 is 6.03 Å². The van der Waals surface area contributed by atoms with Crippen LogP contribution in [-0.2, 0) is 11.3 Å². The average molecular weight is 348 g/mol. The van der Waals surface area contributed by atoms with Crippen molar-refractivity contribution in [2.75, 3.05) is 26.2 Å². The standard InChI is InChI=1S/C19H30N4O2/c1-15(17(24)20-18(25)21-19(2,3)4)23-12-10-22(11-13-23)14-16-8-6-5-7-9-16/h5-9,15H,10-14H2,1-4H3,(H2,20,21,24,25)/p+2/t15-/m1/s1. The summed E-state index contributed by atoms with van der Waals surface area (Å²) in [6.45, 7) is 12.6. The summed E-state index contributed by atoms with van der Waals surface area (Å²) in [7, 11) is 0. The van der Waals surface area contributed by atoms with Crippen LogP contribution in [0.25, 0.3) is 0 Å². The molecule has 0 aromatic heterocycles. The van der Waals surface area contributed by atoms with Gasteiger partial charge in [-0.25, -0.2) is 4.79 Å². The molecule has 0 radical (unpaired) electrons. The molecule has 0 aliphatic carbocycles. The van der Waals surface area contributed by atoms with E-state index in [2.05, 4.69) is 34.9 Å². The van der Waals surface area contributed by atoms with E-state index in [1.54, 1.807) is 4.90 Å². The van der Waals surface area contributed by atoms with Crippen molar-refractivity contribution in [1.29, 1.82) is 0 Å². The molecule has 1 fully saturated rings. The molecule has 6 heteroatoms. The van der Waals surface area contributed by atoms with Crippen LogP contribution in [0.1, 0.15) is 33.3 Å². The van der Waals surface area contributed by atoms with E-state index in [-0.39, 0.29) is 17.5 Å². The molecule has 138 valence electrons. The lowest BCUT2D eigenvalue weighted by Gasteiger charge is -2.32. The molecule has 0 bridgehead atoms. The molecule has 2 rings (SSSR count). The number of piperazine rings is 1. The first kappa shape index (κ1) is 19.4. The van der Waals surface area contributed by atoms with Crippen LogP contribution >= 0.6 is 0 Å². The molecule has 1 aromatic rings. The van der Waals surface area contributed by atoms with Crippen molar-refractivity contribution in [3.63, 3.8) is 0 Å². The lowest BCUT2D eigenvalue weighted by Crippen LogP contribution is -3.29. The molecule has 4 N–H and O–H groups in total. The lowest BCUT2D eigenvalue weighted by atomic mass is 10.1. The minimum atomic E-state index is -0.419. The third-order valence-electron chi connectivity index (χ3n) is 4.63. The topological polar surface area (TPSA) is 67.1 Å². The van der Waals surface area contributed by atoms with E-state index in [1.165, 1.54) is 10.5 Å². The van der Waals surface area contributed by atoms with Gasteiger partial charge < -0.3 is 15.1 Å². The molecule has 0 unspecified atom stereocenters. The monoisotopic (exact) mass is 348 g/mol. The maximum Gasteiger partial charge on any atom is 0.322 e. The predicted octanol–water partition coefficient (Wildman–Crippen LogP) is -1.02. The average Bonchev–Trinajstić information content (AvgIpc) is 2.54. The zero-order valence-corrected chi connectivity index (χ0v) is 15.8. The van der Waals surface area contributed by atoms with Gasteiger partial charge in [-0.05, 0) is 27.7 Å². The van der Waals surface area contributed by atoms with Crippen LogP contribution in [0.4, 0.5) is 4.79 Å². The molecule has 1 aliphatic rings. The predicted molar refractivity (Wildman–Crippen MR) is 97.4 cm³/mol. The van der Waals surface area contributed by atoms with E-state index >= 15 is 0 Å². The van der Waals surface area contributed by atoms with Crippen molar-refractivity contribution in [3.05, 3.63) is 35.9 Å². The Morgan fingerprint density at radius 2 is 1.68 bits per heavy atom. The van der Waals surface area contributed by atoms with Gasteiger partial charge in [0, 0.05) is 11.1 Å². The Morgan fingerprint density at radius 3 is 2.24 bits per heavy atom. The maximum absolute atomic E-state index is 12.3. The number of urea groups is 1. The minimum Gasteiger partial charge on any atom is -0.333 e. The number of hydrogen-bond donors (Lipinski definition) is 4. The second kappa shape index (κ2) is 8.45.